The van der Waals surface area contributed by atoms with Gasteiger partial charge in [-0.25, -0.2) is 13.1 Å². The number of halogens is 1. The van der Waals surface area contributed by atoms with Crippen molar-refractivity contribution in [1.82, 2.24) is 4.72 Å². The summed E-state index contributed by atoms with van der Waals surface area (Å²) in [4.78, 5) is 0.279. The Labute approximate surface area is 130 Å². The number of ether oxygens (including phenoxy) is 1. The molecule has 1 aromatic rings. The fourth-order valence-electron chi connectivity index (χ4n) is 1.65. The zero-order valence-corrected chi connectivity index (χ0v) is 14.6. The molecule has 0 aromatic heterocycles. The molecule has 6 heteroatoms. The van der Waals surface area contributed by atoms with Gasteiger partial charge >= 0.3 is 0 Å². The molecule has 0 aliphatic rings. The average Bonchev–Trinajstić information content (AvgIpc) is 2.32. The van der Waals surface area contributed by atoms with Crippen LogP contribution >= 0.6 is 15.9 Å². The molecule has 1 aromatic carbocycles. The number of sulfonamides is 1. The number of hydrogen-bond donors (Lipinski definition) is 1. The Balaban J connectivity index is 2.46. The van der Waals surface area contributed by atoms with E-state index >= 15 is 0 Å². The van der Waals surface area contributed by atoms with Gasteiger partial charge in [0.25, 0.3) is 0 Å². The van der Waals surface area contributed by atoms with Crippen molar-refractivity contribution in [3.8, 4) is 0 Å². The monoisotopic (exact) mass is 363 g/mol. The lowest BCUT2D eigenvalue weighted by atomic mass is 10.2. The highest BCUT2D eigenvalue weighted by atomic mass is 79.9. The molecule has 0 saturated carbocycles. The molecule has 114 valence electrons. The predicted molar refractivity (Wildman–Crippen MR) is 84.4 cm³/mol. The molecular weight excluding hydrogens is 342 g/mol. The summed E-state index contributed by atoms with van der Waals surface area (Å²) in [6.07, 6.45) is 1.82. The summed E-state index contributed by atoms with van der Waals surface area (Å²) in [7, 11) is -3.45. The van der Waals surface area contributed by atoms with Crippen LogP contribution in [0.3, 0.4) is 0 Å². The van der Waals surface area contributed by atoms with E-state index in [1.54, 1.807) is 18.2 Å². The van der Waals surface area contributed by atoms with Gasteiger partial charge < -0.3 is 4.74 Å². The van der Waals surface area contributed by atoms with E-state index in [1.165, 1.54) is 0 Å². The van der Waals surface area contributed by atoms with Gasteiger partial charge in [0.2, 0.25) is 10.0 Å². The molecule has 20 heavy (non-hydrogen) atoms. The van der Waals surface area contributed by atoms with Crippen LogP contribution in [0.4, 0.5) is 0 Å². The topological polar surface area (TPSA) is 55.4 Å². The molecule has 0 heterocycles. The van der Waals surface area contributed by atoms with E-state index in [0.29, 0.717) is 17.6 Å². The molecule has 0 radical (unpaired) electrons. The normalized spacial score (nSPS) is 12.1. The molecule has 0 saturated heterocycles. The summed E-state index contributed by atoms with van der Waals surface area (Å²) in [6.45, 7) is 6.97. The first-order valence-corrected chi connectivity index (χ1v) is 8.98. The number of benzene rings is 1. The fourth-order valence-corrected chi connectivity index (χ4v) is 3.92. The maximum absolute atomic E-state index is 12.1. The van der Waals surface area contributed by atoms with Crippen molar-refractivity contribution in [3.63, 3.8) is 0 Å². The van der Waals surface area contributed by atoms with Crippen LogP contribution in [-0.4, -0.2) is 27.7 Å². The van der Waals surface area contributed by atoms with Crippen LogP contribution in [0.25, 0.3) is 0 Å². The molecule has 1 N–H and O–H groups in total. The quantitative estimate of drug-likeness (QED) is 0.721. The molecular formula is C14H22BrNO3S. The van der Waals surface area contributed by atoms with Crippen molar-refractivity contribution >= 4 is 26.0 Å². The van der Waals surface area contributed by atoms with Gasteiger partial charge in [0.05, 0.1) is 11.0 Å². The summed E-state index contributed by atoms with van der Waals surface area (Å²) in [5.74, 6) is 0. The zero-order valence-electron chi connectivity index (χ0n) is 12.1. The van der Waals surface area contributed by atoms with Crippen molar-refractivity contribution in [2.45, 2.75) is 44.6 Å². The third-order valence-corrected chi connectivity index (χ3v) is 5.13. The zero-order chi connectivity index (χ0) is 15.2. The Bertz CT molecular complexity index is 529. The van der Waals surface area contributed by atoms with Crippen molar-refractivity contribution in [1.29, 1.82) is 0 Å². The van der Waals surface area contributed by atoms with Crippen molar-refractivity contribution < 1.29 is 13.2 Å². The largest absolute Gasteiger partial charge is 0.379 e. The molecule has 0 amide bonds. The SMILES string of the molecule is Cc1ccc(S(=O)(=O)NCCCCOC(C)C)c(Br)c1. The van der Waals surface area contributed by atoms with Crippen LogP contribution in [0.5, 0.6) is 0 Å². The van der Waals surface area contributed by atoms with Crippen LogP contribution in [0.1, 0.15) is 32.3 Å². The van der Waals surface area contributed by atoms with Crippen molar-refractivity contribution in [3.05, 3.63) is 28.2 Å². The van der Waals surface area contributed by atoms with Crippen molar-refractivity contribution in [2.75, 3.05) is 13.2 Å². The van der Waals surface area contributed by atoms with Gasteiger partial charge in [-0.3, -0.25) is 0 Å². The molecule has 4 nitrogen and oxygen atoms in total. The average molecular weight is 364 g/mol. The number of nitrogens with one attached hydrogen (secondary N) is 1. The van der Waals surface area contributed by atoms with Gasteiger partial charge in [-0.15, -0.1) is 0 Å². The lowest BCUT2D eigenvalue weighted by Gasteiger charge is -2.10. The Morgan fingerprint density at radius 3 is 2.60 bits per heavy atom. The second kappa shape index (κ2) is 8.12. The number of aryl methyl sites for hydroxylation is 1. The van der Waals surface area contributed by atoms with Gasteiger partial charge in [-0.2, -0.15) is 0 Å². The second-order valence-electron chi connectivity index (χ2n) is 4.96. The van der Waals surface area contributed by atoms with Crippen molar-refractivity contribution in [2.24, 2.45) is 0 Å². The first-order valence-electron chi connectivity index (χ1n) is 6.70. The minimum atomic E-state index is -3.45. The Morgan fingerprint density at radius 2 is 2.00 bits per heavy atom. The lowest BCUT2D eigenvalue weighted by Crippen LogP contribution is -2.25. The van der Waals surface area contributed by atoms with Crippen LogP contribution in [-0.2, 0) is 14.8 Å². The van der Waals surface area contributed by atoms with Gasteiger partial charge in [0.15, 0.2) is 0 Å². The highest BCUT2D eigenvalue weighted by Gasteiger charge is 2.16. The van der Waals surface area contributed by atoms with E-state index < -0.39 is 10.0 Å². The van der Waals surface area contributed by atoms with E-state index in [4.69, 9.17) is 4.74 Å². The summed E-state index contributed by atoms with van der Waals surface area (Å²) in [5.41, 5.74) is 1.02. The van der Waals surface area contributed by atoms with Gasteiger partial charge in [0.1, 0.15) is 0 Å². The first-order chi connectivity index (χ1) is 9.33. The fraction of sp³-hybridized carbons (Fsp3) is 0.571. The Hall–Kier alpha value is -0.430. The molecule has 0 spiro atoms. The Morgan fingerprint density at radius 1 is 1.30 bits per heavy atom. The van der Waals surface area contributed by atoms with Crippen LogP contribution < -0.4 is 4.72 Å². The van der Waals surface area contributed by atoms with E-state index in [-0.39, 0.29) is 11.0 Å². The number of hydrogen-bond acceptors (Lipinski definition) is 3. The smallest absolute Gasteiger partial charge is 0.241 e. The van der Waals surface area contributed by atoms with Gasteiger partial charge in [-0.1, -0.05) is 6.07 Å². The number of rotatable bonds is 8. The maximum atomic E-state index is 12.1. The summed E-state index contributed by atoms with van der Waals surface area (Å²) < 4.78 is 32.9. The summed E-state index contributed by atoms with van der Waals surface area (Å²) in [5, 5.41) is 0. The minimum Gasteiger partial charge on any atom is -0.379 e. The maximum Gasteiger partial charge on any atom is 0.241 e. The van der Waals surface area contributed by atoms with Crippen LogP contribution in [0.15, 0.2) is 27.6 Å². The molecule has 0 unspecified atom stereocenters. The molecule has 0 bridgehead atoms. The number of unbranched alkanes of at least 4 members (excludes halogenated alkanes) is 1. The van der Waals surface area contributed by atoms with Gasteiger partial charge in [0, 0.05) is 17.6 Å². The van der Waals surface area contributed by atoms with E-state index in [2.05, 4.69) is 20.7 Å². The second-order valence-corrected chi connectivity index (χ2v) is 7.55. The Kier molecular flexibility index (Phi) is 7.15. The predicted octanol–water partition coefficient (Wildman–Crippen LogP) is 3.24. The molecule has 0 atom stereocenters. The van der Waals surface area contributed by atoms with E-state index in [1.807, 2.05) is 20.8 Å². The summed E-state index contributed by atoms with van der Waals surface area (Å²) >= 11 is 3.29. The molecule has 0 aliphatic heterocycles. The first kappa shape index (κ1) is 17.6. The summed E-state index contributed by atoms with van der Waals surface area (Å²) in [6, 6.07) is 5.20. The van der Waals surface area contributed by atoms with Gasteiger partial charge in [-0.05, 0) is 67.2 Å². The van der Waals surface area contributed by atoms with E-state index in [9.17, 15) is 8.42 Å². The molecule has 0 fully saturated rings. The highest BCUT2D eigenvalue weighted by molar-refractivity contribution is 9.10. The van der Waals surface area contributed by atoms with Crippen LogP contribution in [0.2, 0.25) is 0 Å². The third-order valence-electron chi connectivity index (χ3n) is 2.69. The third kappa shape index (κ3) is 5.91. The standard InChI is InChI=1S/C14H22BrNO3S/c1-11(2)19-9-5-4-8-16-20(17,18)14-7-6-12(3)10-13(14)15/h6-7,10-11,16H,4-5,8-9H2,1-3H3. The molecule has 1 rings (SSSR count). The highest BCUT2D eigenvalue weighted by Crippen LogP contribution is 2.22. The lowest BCUT2D eigenvalue weighted by molar-refractivity contribution is 0.0762. The van der Waals surface area contributed by atoms with E-state index in [0.717, 1.165) is 18.4 Å². The minimum absolute atomic E-state index is 0.218. The molecule has 0 aliphatic carbocycles. The van der Waals surface area contributed by atoms with Crippen LogP contribution in [0, 0.1) is 6.92 Å².